The van der Waals surface area contributed by atoms with Crippen LogP contribution in [-0.2, 0) is 0 Å². The summed E-state index contributed by atoms with van der Waals surface area (Å²) in [6, 6.07) is 14.1. The monoisotopic (exact) mass is 348 g/mol. The van der Waals surface area contributed by atoms with E-state index in [1.54, 1.807) is 24.4 Å². The number of pyridine rings is 1. The molecule has 128 valence electrons. The minimum atomic E-state index is -0.488. The van der Waals surface area contributed by atoms with E-state index in [1.165, 1.54) is 24.3 Å². The van der Waals surface area contributed by atoms with Crippen molar-refractivity contribution < 1.29 is 9.18 Å². The van der Waals surface area contributed by atoms with Gasteiger partial charge in [-0.05, 0) is 36.4 Å². The van der Waals surface area contributed by atoms with E-state index in [2.05, 4.69) is 20.5 Å². The van der Waals surface area contributed by atoms with Gasteiger partial charge in [-0.15, -0.1) is 0 Å². The van der Waals surface area contributed by atoms with Gasteiger partial charge in [0.25, 0.3) is 5.91 Å². The normalized spacial score (nSPS) is 10.8. The maximum absolute atomic E-state index is 13.4. The van der Waals surface area contributed by atoms with Crippen molar-refractivity contribution in [2.45, 2.75) is 0 Å². The third kappa shape index (κ3) is 2.98. The zero-order valence-corrected chi connectivity index (χ0v) is 13.4. The van der Waals surface area contributed by atoms with Gasteiger partial charge in [0.15, 0.2) is 0 Å². The van der Waals surface area contributed by atoms with Gasteiger partial charge in [0.2, 0.25) is 5.56 Å². The van der Waals surface area contributed by atoms with Crippen LogP contribution in [0.2, 0.25) is 0 Å². The minimum Gasteiger partial charge on any atom is -0.322 e. The molecule has 2 aromatic heterocycles. The predicted octanol–water partition coefficient (Wildman–Crippen LogP) is 3.31. The van der Waals surface area contributed by atoms with Crippen LogP contribution in [0.3, 0.4) is 0 Å². The molecule has 0 aliphatic carbocycles. The Morgan fingerprint density at radius 1 is 1.08 bits per heavy atom. The zero-order valence-electron chi connectivity index (χ0n) is 13.4. The number of carbonyl (C=O) groups excluding carboxylic acids is 1. The molecule has 3 N–H and O–H groups in total. The quantitative estimate of drug-likeness (QED) is 0.530. The van der Waals surface area contributed by atoms with E-state index in [9.17, 15) is 14.0 Å². The number of amides is 1. The SMILES string of the molecule is O=C(Nc1cccc(-c2ccn[nH]2)c1)c1cc(=O)[nH]c2cc(F)ccc12. The van der Waals surface area contributed by atoms with Crippen molar-refractivity contribution in [1.29, 1.82) is 0 Å². The van der Waals surface area contributed by atoms with Crippen LogP contribution in [0.5, 0.6) is 0 Å². The van der Waals surface area contributed by atoms with Gasteiger partial charge >= 0.3 is 0 Å². The van der Waals surface area contributed by atoms with Crippen molar-refractivity contribution in [3.8, 4) is 11.3 Å². The number of benzene rings is 2. The summed E-state index contributed by atoms with van der Waals surface area (Å²) in [7, 11) is 0. The highest BCUT2D eigenvalue weighted by molar-refractivity contribution is 6.12. The molecule has 7 heteroatoms. The van der Waals surface area contributed by atoms with Gasteiger partial charge in [-0.3, -0.25) is 14.7 Å². The minimum absolute atomic E-state index is 0.177. The Balaban J connectivity index is 1.70. The molecule has 26 heavy (non-hydrogen) atoms. The fourth-order valence-electron chi connectivity index (χ4n) is 2.80. The number of nitrogens with zero attached hydrogens (tertiary/aromatic N) is 1. The number of fused-ring (bicyclic) bond motifs is 1. The highest BCUT2D eigenvalue weighted by Gasteiger charge is 2.13. The van der Waals surface area contributed by atoms with Crippen molar-refractivity contribution in [3.63, 3.8) is 0 Å². The van der Waals surface area contributed by atoms with Gasteiger partial charge in [0.05, 0.1) is 16.8 Å². The van der Waals surface area contributed by atoms with Crippen molar-refractivity contribution in [3.05, 3.63) is 82.5 Å². The lowest BCUT2D eigenvalue weighted by atomic mass is 10.1. The number of anilines is 1. The second-order valence-electron chi connectivity index (χ2n) is 5.74. The Bertz CT molecular complexity index is 1170. The number of H-pyrrole nitrogens is 2. The third-order valence-corrected chi connectivity index (χ3v) is 3.98. The van der Waals surface area contributed by atoms with Gasteiger partial charge < -0.3 is 10.3 Å². The lowest BCUT2D eigenvalue weighted by molar-refractivity contribution is 0.102. The molecule has 0 saturated heterocycles. The second-order valence-corrected chi connectivity index (χ2v) is 5.74. The van der Waals surface area contributed by atoms with Crippen LogP contribution in [0.4, 0.5) is 10.1 Å². The fourth-order valence-corrected chi connectivity index (χ4v) is 2.80. The summed E-state index contributed by atoms with van der Waals surface area (Å²) in [4.78, 5) is 27.0. The summed E-state index contributed by atoms with van der Waals surface area (Å²) < 4.78 is 13.4. The summed E-state index contributed by atoms with van der Waals surface area (Å²) in [5, 5.41) is 10.0. The van der Waals surface area contributed by atoms with Crippen molar-refractivity contribution >= 4 is 22.5 Å². The molecule has 1 amide bonds. The Morgan fingerprint density at radius 3 is 2.77 bits per heavy atom. The molecule has 2 aromatic carbocycles. The number of rotatable bonds is 3. The Kier molecular flexibility index (Phi) is 3.81. The summed E-state index contributed by atoms with van der Waals surface area (Å²) in [5.41, 5.74) is 2.22. The number of nitrogens with one attached hydrogen (secondary N) is 3. The maximum Gasteiger partial charge on any atom is 0.256 e. The number of aromatic amines is 2. The third-order valence-electron chi connectivity index (χ3n) is 3.98. The summed E-state index contributed by atoms with van der Waals surface area (Å²) in [6.07, 6.45) is 1.64. The number of hydrogen-bond donors (Lipinski definition) is 3. The van der Waals surface area contributed by atoms with Crippen molar-refractivity contribution in [1.82, 2.24) is 15.2 Å². The van der Waals surface area contributed by atoms with E-state index in [1.807, 2.05) is 12.1 Å². The first-order valence-electron chi connectivity index (χ1n) is 7.84. The average molecular weight is 348 g/mol. The van der Waals surface area contributed by atoms with Crippen LogP contribution in [0.1, 0.15) is 10.4 Å². The number of halogens is 1. The number of aromatic nitrogens is 3. The van der Waals surface area contributed by atoms with Crippen LogP contribution in [0, 0.1) is 5.82 Å². The first kappa shape index (κ1) is 15.8. The molecular weight excluding hydrogens is 335 g/mol. The highest BCUT2D eigenvalue weighted by Crippen LogP contribution is 2.22. The van der Waals surface area contributed by atoms with Crippen molar-refractivity contribution in [2.24, 2.45) is 0 Å². The highest BCUT2D eigenvalue weighted by atomic mass is 19.1. The molecule has 4 rings (SSSR count). The second kappa shape index (κ2) is 6.29. The zero-order chi connectivity index (χ0) is 18.1. The van der Waals surface area contributed by atoms with Gasteiger partial charge in [0, 0.05) is 28.9 Å². The first-order valence-corrected chi connectivity index (χ1v) is 7.84. The molecule has 0 unspecified atom stereocenters. The van der Waals surface area contributed by atoms with Crippen LogP contribution in [0.25, 0.3) is 22.2 Å². The molecule has 0 aliphatic heterocycles. The van der Waals surface area contributed by atoms with Crippen LogP contribution in [0.15, 0.2) is 65.6 Å². The molecular formula is C19H13FN4O2. The van der Waals surface area contributed by atoms with E-state index < -0.39 is 17.3 Å². The average Bonchev–Trinajstić information content (AvgIpc) is 3.15. The fraction of sp³-hybridized carbons (Fsp3) is 0. The molecule has 2 heterocycles. The Morgan fingerprint density at radius 2 is 1.96 bits per heavy atom. The molecule has 4 aromatic rings. The summed E-state index contributed by atoms with van der Waals surface area (Å²) >= 11 is 0. The van der Waals surface area contributed by atoms with Gasteiger partial charge in [-0.2, -0.15) is 5.10 Å². The Hall–Kier alpha value is -3.74. The van der Waals surface area contributed by atoms with Gasteiger partial charge in [0.1, 0.15) is 5.82 Å². The molecule has 6 nitrogen and oxygen atoms in total. The van der Waals surface area contributed by atoms with E-state index in [4.69, 9.17) is 0 Å². The molecule has 0 spiro atoms. The number of hydrogen-bond acceptors (Lipinski definition) is 3. The van der Waals surface area contributed by atoms with Gasteiger partial charge in [-0.25, -0.2) is 4.39 Å². The van der Waals surface area contributed by atoms with Crippen molar-refractivity contribution in [2.75, 3.05) is 5.32 Å². The van der Waals surface area contributed by atoms with E-state index in [-0.39, 0.29) is 11.1 Å². The molecule has 0 fully saturated rings. The Labute approximate surface area is 146 Å². The molecule has 0 saturated carbocycles. The summed E-state index contributed by atoms with van der Waals surface area (Å²) in [5.74, 6) is -0.938. The lowest BCUT2D eigenvalue weighted by Crippen LogP contribution is -2.17. The van der Waals surface area contributed by atoms with E-state index in [0.717, 1.165) is 11.3 Å². The molecule has 0 atom stereocenters. The summed E-state index contributed by atoms with van der Waals surface area (Å²) in [6.45, 7) is 0. The molecule has 0 aliphatic rings. The number of carbonyl (C=O) groups is 1. The lowest BCUT2D eigenvalue weighted by Gasteiger charge is -2.09. The van der Waals surface area contributed by atoms with E-state index >= 15 is 0 Å². The molecule has 0 radical (unpaired) electrons. The van der Waals surface area contributed by atoms with Crippen LogP contribution >= 0.6 is 0 Å². The maximum atomic E-state index is 13.4. The van der Waals surface area contributed by atoms with E-state index in [0.29, 0.717) is 11.1 Å². The largest absolute Gasteiger partial charge is 0.322 e. The standard InChI is InChI=1S/C19H13FN4O2/c20-12-4-5-14-15(10-18(25)23-17(14)9-12)19(26)22-13-3-1-2-11(8-13)16-6-7-21-24-16/h1-10H,(H,21,24)(H,22,26)(H,23,25). The molecule has 0 bridgehead atoms. The van der Waals surface area contributed by atoms with Crippen LogP contribution < -0.4 is 10.9 Å². The topological polar surface area (TPSA) is 90.6 Å². The van der Waals surface area contributed by atoms with Crippen LogP contribution in [-0.4, -0.2) is 21.1 Å². The predicted molar refractivity (Wildman–Crippen MR) is 96.5 cm³/mol. The first-order chi connectivity index (χ1) is 12.6. The van der Waals surface area contributed by atoms with Gasteiger partial charge in [-0.1, -0.05) is 12.1 Å². The smallest absolute Gasteiger partial charge is 0.256 e.